The second kappa shape index (κ2) is 5.64. The molecule has 0 amide bonds. The first-order valence-electron chi connectivity index (χ1n) is 7.37. The van der Waals surface area contributed by atoms with Gasteiger partial charge >= 0.3 is 0 Å². The third-order valence-corrected chi connectivity index (χ3v) is 4.60. The number of anilines is 1. The standard InChI is InChI=1S/C14H21N5O/c15-13(18-20)11-7-8-16-17-14(11)19-9-3-6-12(19)10-4-1-2-5-10/h7-8,10,12,20H,1-6,9H2,(H2,15,18). The Morgan fingerprint density at radius 3 is 2.85 bits per heavy atom. The molecule has 6 heteroatoms. The van der Waals surface area contributed by atoms with Crippen molar-refractivity contribution in [1.82, 2.24) is 10.2 Å². The Morgan fingerprint density at radius 1 is 1.30 bits per heavy atom. The minimum atomic E-state index is 0.104. The Kier molecular flexibility index (Phi) is 3.71. The lowest BCUT2D eigenvalue weighted by molar-refractivity contribution is 0.318. The second-order valence-electron chi connectivity index (χ2n) is 5.70. The first kappa shape index (κ1) is 13.1. The Bertz CT molecular complexity index is 498. The predicted octanol–water partition coefficient (Wildman–Crippen LogP) is 1.73. The number of hydrogen-bond donors (Lipinski definition) is 2. The molecule has 6 nitrogen and oxygen atoms in total. The molecule has 2 heterocycles. The van der Waals surface area contributed by atoms with Crippen molar-refractivity contribution in [2.75, 3.05) is 11.4 Å². The van der Waals surface area contributed by atoms with Gasteiger partial charge in [0.1, 0.15) is 0 Å². The fourth-order valence-electron chi connectivity index (χ4n) is 3.68. The SMILES string of the molecule is N/C(=N/O)c1ccnnc1N1CCCC1C1CCCC1. The van der Waals surface area contributed by atoms with Crippen LogP contribution in [0.4, 0.5) is 5.82 Å². The molecule has 1 atom stereocenters. The van der Waals surface area contributed by atoms with E-state index in [9.17, 15) is 0 Å². The summed E-state index contributed by atoms with van der Waals surface area (Å²) in [4.78, 5) is 2.32. The van der Waals surface area contributed by atoms with Crippen LogP contribution in [-0.2, 0) is 0 Å². The Balaban J connectivity index is 1.91. The molecule has 1 aromatic rings. The summed E-state index contributed by atoms with van der Waals surface area (Å²) < 4.78 is 0. The van der Waals surface area contributed by atoms with Gasteiger partial charge in [0.15, 0.2) is 11.7 Å². The van der Waals surface area contributed by atoms with Crippen LogP contribution in [0.3, 0.4) is 0 Å². The van der Waals surface area contributed by atoms with E-state index in [0.717, 1.165) is 18.3 Å². The molecule has 2 aliphatic rings. The lowest BCUT2D eigenvalue weighted by Crippen LogP contribution is -2.37. The number of nitrogens with zero attached hydrogens (tertiary/aromatic N) is 4. The molecule has 1 aromatic heterocycles. The van der Waals surface area contributed by atoms with Crippen LogP contribution in [0.2, 0.25) is 0 Å². The van der Waals surface area contributed by atoms with Gasteiger partial charge in [0.05, 0.1) is 11.8 Å². The molecule has 20 heavy (non-hydrogen) atoms. The summed E-state index contributed by atoms with van der Waals surface area (Å²) >= 11 is 0. The van der Waals surface area contributed by atoms with Crippen LogP contribution in [0.15, 0.2) is 17.4 Å². The first-order valence-corrected chi connectivity index (χ1v) is 7.37. The molecule has 1 saturated heterocycles. The summed E-state index contributed by atoms with van der Waals surface area (Å²) in [5.74, 6) is 1.61. The maximum Gasteiger partial charge on any atom is 0.173 e. The van der Waals surface area contributed by atoms with Gasteiger partial charge in [-0.25, -0.2) is 0 Å². The molecule has 3 N–H and O–H groups in total. The Morgan fingerprint density at radius 2 is 2.10 bits per heavy atom. The van der Waals surface area contributed by atoms with E-state index in [1.807, 2.05) is 0 Å². The van der Waals surface area contributed by atoms with Crippen LogP contribution >= 0.6 is 0 Å². The average molecular weight is 275 g/mol. The molecule has 0 aromatic carbocycles. The summed E-state index contributed by atoms with van der Waals surface area (Å²) in [6, 6.07) is 2.29. The van der Waals surface area contributed by atoms with Crippen molar-refractivity contribution >= 4 is 11.7 Å². The van der Waals surface area contributed by atoms with Gasteiger partial charge in [-0.1, -0.05) is 18.0 Å². The number of oxime groups is 1. The summed E-state index contributed by atoms with van der Waals surface area (Å²) in [6.07, 6.45) is 9.24. The van der Waals surface area contributed by atoms with Crippen molar-refractivity contribution in [1.29, 1.82) is 0 Å². The second-order valence-corrected chi connectivity index (χ2v) is 5.70. The van der Waals surface area contributed by atoms with Gasteiger partial charge in [-0.15, -0.1) is 5.10 Å². The summed E-state index contributed by atoms with van der Waals surface area (Å²) in [5, 5.41) is 20.3. The molecule has 1 aliphatic carbocycles. The summed E-state index contributed by atoms with van der Waals surface area (Å²) in [5.41, 5.74) is 6.44. The van der Waals surface area contributed by atoms with E-state index < -0.39 is 0 Å². The molecule has 1 aliphatic heterocycles. The lowest BCUT2D eigenvalue weighted by atomic mass is 9.96. The van der Waals surface area contributed by atoms with E-state index in [2.05, 4.69) is 20.3 Å². The number of amidine groups is 1. The zero-order chi connectivity index (χ0) is 13.9. The van der Waals surface area contributed by atoms with Crippen molar-refractivity contribution in [3.8, 4) is 0 Å². The zero-order valence-electron chi connectivity index (χ0n) is 11.6. The average Bonchev–Trinajstić information content (AvgIpc) is 3.16. The Labute approximate surface area is 118 Å². The van der Waals surface area contributed by atoms with E-state index in [1.54, 1.807) is 12.3 Å². The van der Waals surface area contributed by atoms with Crippen molar-refractivity contribution < 1.29 is 5.21 Å². The molecule has 0 spiro atoms. The third-order valence-electron chi connectivity index (χ3n) is 4.60. The highest BCUT2D eigenvalue weighted by Crippen LogP contribution is 2.37. The molecular formula is C14H21N5O. The molecule has 2 fully saturated rings. The molecule has 1 saturated carbocycles. The number of nitrogens with two attached hydrogens (primary N) is 1. The largest absolute Gasteiger partial charge is 0.409 e. The number of hydrogen-bond acceptors (Lipinski definition) is 5. The van der Waals surface area contributed by atoms with Crippen molar-refractivity contribution in [2.24, 2.45) is 16.8 Å². The van der Waals surface area contributed by atoms with E-state index in [0.29, 0.717) is 11.6 Å². The van der Waals surface area contributed by atoms with Crippen molar-refractivity contribution in [2.45, 2.75) is 44.6 Å². The predicted molar refractivity (Wildman–Crippen MR) is 76.9 cm³/mol. The molecular weight excluding hydrogens is 254 g/mol. The molecule has 3 rings (SSSR count). The number of aromatic nitrogens is 2. The summed E-state index contributed by atoms with van der Waals surface area (Å²) in [6.45, 7) is 0.978. The van der Waals surface area contributed by atoms with Crippen LogP contribution in [0.1, 0.15) is 44.1 Å². The van der Waals surface area contributed by atoms with Gasteiger partial charge < -0.3 is 15.8 Å². The lowest BCUT2D eigenvalue weighted by Gasteiger charge is -2.31. The van der Waals surface area contributed by atoms with Crippen molar-refractivity contribution in [3.05, 3.63) is 17.8 Å². The maximum absolute atomic E-state index is 8.93. The highest BCUT2D eigenvalue weighted by atomic mass is 16.4. The fraction of sp³-hybridized carbons (Fsp3) is 0.643. The molecule has 108 valence electrons. The van der Waals surface area contributed by atoms with E-state index in [4.69, 9.17) is 10.9 Å². The topological polar surface area (TPSA) is 87.6 Å². The minimum Gasteiger partial charge on any atom is -0.409 e. The monoisotopic (exact) mass is 275 g/mol. The van der Waals surface area contributed by atoms with Gasteiger partial charge in [-0.2, -0.15) is 5.10 Å². The van der Waals surface area contributed by atoms with Crippen LogP contribution in [-0.4, -0.2) is 33.8 Å². The smallest absolute Gasteiger partial charge is 0.173 e. The molecule has 0 radical (unpaired) electrons. The van der Waals surface area contributed by atoms with Gasteiger partial charge in [-0.05, 0) is 37.7 Å². The van der Waals surface area contributed by atoms with Crippen molar-refractivity contribution in [3.63, 3.8) is 0 Å². The first-order chi connectivity index (χ1) is 9.81. The number of rotatable bonds is 3. The van der Waals surface area contributed by atoms with E-state index in [-0.39, 0.29) is 5.84 Å². The Hall–Kier alpha value is -1.85. The minimum absolute atomic E-state index is 0.104. The highest BCUT2D eigenvalue weighted by molar-refractivity contribution is 6.01. The van der Waals surface area contributed by atoms with Gasteiger partial charge in [-0.3, -0.25) is 0 Å². The molecule has 0 bridgehead atoms. The zero-order valence-corrected chi connectivity index (χ0v) is 11.6. The van der Waals surface area contributed by atoms with E-state index >= 15 is 0 Å². The van der Waals surface area contributed by atoms with Gasteiger partial charge in [0, 0.05) is 12.6 Å². The van der Waals surface area contributed by atoms with E-state index in [1.165, 1.54) is 38.5 Å². The quantitative estimate of drug-likeness (QED) is 0.379. The fourth-order valence-corrected chi connectivity index (χ4v) is 3.68. The maximum atomic E-state index is 8.93. The van der Waals surface area contributed by atoms with Crippen LogP contribution in [0, 0.1) is 5.92 Å². The molecule has 1 unspecified atom stereocenters. The van der Waals surface area contributed by atoms with Crippen LogP contribution in [0.25, 0.3) is 0 Å². The van der Waals surface area contributed by atoms with Gasteiger partial charge in [0.25, 0.3) is 0 Å². The van der Waals surface area contributed by atoms with Gasteiger partial charge in [0.2, 0.25) is 0 Å². The van der Waals surface area contributed by atoms with Crippen LogP contribution < -0.4 is 10.6 Å². The normalized spacial score (nSPS) is 24.5. The summed E-state index contributed by atoms with van der Waals surface area (Å²) in [7, 11) is 0. The highest BCUT2D eigenvalue weighted by Gasteiger charge is 2.35. The van der Waals surface area contributed by atoms with Crippen LogP contribution in [0.5, 0.6) is 0 Å². The third kappa shape index (κ3) is 2.30.